The van der Waals surface area contributed by atoms with Crippen LogP contribution in [0, 0.1) is 6.92 Å². The van der Waals surface area contributed by atoms with E-state index in [1.807, 2.05) is 0 Å². The Morgan fingerprint density at radius 3 is 2.62 bits per heavy atom. The van der Waals surface area contributed by atoms with Gasteiger partial charge in [0.05, 0.1) is 0 Å². The van der Waals surface area contributed by atoms with Crippen LogP contribution < -0.4 is 0 Å². The highest BCUT2D eigenvalue weighted by Gasteiger charge is 2.31. The van der Waals surface area contributed by atoms with Crippen LogP contribution in [-0.2, 0) is 11.8 Å². The monoisotopic (exact) mass is 216 g/mol. The van der Waals surface area contributed by atoms with Gasteiger partial charge in [-0.3, -0.25) is 0 Å². The molecule has 1 atom stereocenters. The van der Waals surface area contributed by atoms with Crippen LogP contribution in [0.15, 0.2) is 12.1 Å². The summed E-state index contributed by atoms with van der Waals surface area (Å²) in [5.41, 5.74) is 6.77. The number of benzene rings is 1. The molecule has 16 heavy (non-hydrogen) atoms. The van der Waals surface area contributed by atoms with Gasteiger partial charge in [0.15, 0.2) is 0 Å². The van der Waals surface area contributed by atoms with E-state index < -0.39 is 0 Å². The SMILES string of the molecule is CCC(C)c1ccc2c(c1C)CCC2(C)C. The van der Waals surface area contributed by atoms with E-state index in [-0.39, 0.29) is 0 Å². The van der Waals surface area contributed by atoms with Crippen LogP contribution in [0.25, 0.3) is 0 Å². The molecular formula is C16H24. The smallest absolute Gasteiger partial charge is 0.00976 e. The maximum absolute atomic E-state index is 2.39. The van der Waals surface area contributed by atoms with Crippen molar-refractivity contribution in [2.45, 2.75) is 65.2 Å². The fourth-order valence-corrected chi connectivity index (χ4v) is 3.06. The molecule has 0 saturated heterocycles. The molecule has 0 aliphatic heterocycles. The first-order valence-electron chi connectivity index (χ1n) is 6.60. The van der Waals surface area contributed by atoms with Gasteiger partial charge in [-0.2, -0.15) is 0 Å². The van der Waals surface area contributed by atoms with Gasteiger partial charge in [-0.1, -0.05) is 39.8 Å². The molecule has 1 aliphatic carbocycles. The molecule has 0 aromatic heterocycles. The minimum absolute atomic E-state index is 0.397. The third kappa shape index (κ3) is 1.69. The Bertz CT molecular complexity index is 399. The van der Waals surface area contributed by atoms with Gasteiger partial charge in [-0.25, -0.2) is 0 Å². The number of rotatable bonds is 2. The minimum Gasteiger partial charge on any atom is -0.0648 e. The van der Waals surface area contributed by atoms with Crippen LogP contribution in [0.1, 0.15) is 68.7 Å². The van der Waals surface area contributed by atoms with Crippen molar-refractivity contribution in [1.29, 1.82) is 0 Å². The van der Waals surface area contributed by atoms with Gasteiger partial charge in [0.1, 0.15) is 0 Å². The summed E-state index contributed by atoms with van der Waals surface area (Å²) in [4.78, 5) is 0. The fourth-order valence-electron chi connectivity index (χ4n) is 3.06. The zero-order valence-electron chi connectivity index (χ0n) is 11.4. The van der Waals surface area contributed by atoms with Gasteiger partial charge in [0, 0.05) is 0 Å². The molecule has 1 aromatic rings. The van der Waals surface area contributed by atoms with Gasteiger partial charge in [-0.15, -0.1) is 0 Å². The summed E-state index contributed by atoms with van der Waals surface area (Å²) in [6, 6.07) is 4.76. The maximum Gasteiger partial charge on any atom is -0.00976 e. The van der Waals surface area contributed by atoms with Crippen molar-refractivity contribution in [3.63, 3.8) is 0 Å². The van der Waals surface area contributed by atoms with Gasteiger partial charge in [-0.05, 0) is 59.8 Å². The minimum atomic E-state index is 0.397. The second kappa shape index (κ2) is 3.91. The zero-order valence-corrected chi connectivity index (χ0v) is 11.4. The van der Waals surface area contributed by atoms with Crippen LogP contribution in [0.2, 0.25) is 0 Å². The molecule has 0 heterocycles. The molecule has 0 fully saturated rings. The zero-order chi connectivity index (χ0) is 11.9. The molecular weight excluding hydrogens is 192 g/mol. The molecule has 1 unspecified atom stereocenters. The Kier molecular flexibility index (Phi) is 2.86. The third-order valence-corrected chi connectivity index (χ3v) is 4.51. The summed E-state index contributed by atoms with van der Waals surface area (Å²) < 4.78 is 0. The topological polar surface area (TPSA) is 0 Å². The Morgan fingerprint density at radius 2 is 2.00 bits per heavy atom. The average Bonchev–Trinajstić information content (AvgIpc) is 2.55. The number of fused-ring (bicyclic) bond motifs is 1. The van der Waals surface area contributed by atoms with Crippen molar-refractivity contribution in [3.05, 3.63) is 34.4 Å². The molecule has 0 amide bonds. The van der Waals surface area contributed by atoms with Crippen LogP contribution in [0.4, 0.5) is 0 Å². The normalized spacial score (nSPS) is 19.6. The fraction of sp³-hybridized carbons (Fsp3) is 0.625. The van der Waals surface area contributed by atoms with E-state index in [2.05, 4.69) is 46.8 Å². The van der Waals surface area contributed by atoms with Gasteiger partial charge in [0.2, 0.25) is 0 Å². The van der Waals surface area contributed by atoms with Crippen molar-refractivity contribution >= 4 is 0 Å². The Morgan fingerprint density at radius 1 is 1.31 bits per heavy atom. The quantitative estimate of drug-likeness (QED) is 0.670. The van der Waals surface area contributed by atoms with Crippen molar-refractivity contribution in [2.24, 2.45) is 0 Å². The third-order valence-electron chi connectivity index (χ3n) is 4.51. The summed E-state index contributed by atoms with van der Waals surface area (Å²) in [5.74, 6) is 0.703. The van der Waals surface area contributed by atoms with E-state index in [0.29, 0.717) is 11.3 Å². The van der Waals surface area contributed by atoms with Crippen molar-refractivity contribution in [1.82, 2.24) is 0 Å². The first-order chi connectivity index (χ1) is 7.47. The molecule has 0 spiro atoms. The molecule has 2 rings (SSSR count). The summed E-state index contributed by atoms with van der Waals surface area (Å²) in [5, 5.41) is 0. The second-order valence-corrected chi connectivity index (χ2v) is 6.00. The van der Waals surface area contributed by atoms with Gasteiger partial charge >= 0.3 is 0 Å². The number of hydrogen-bond acceptors (Lipinski definition) is 0. The lowest BCUT2D eigenvalue weighted by atomic mass is 9.83. The Labute approximate surface area is 100 Å². The molecule has 0 nitrogen and oxygen atoms in total. The molecule has 88 valence electrons. The highest BCUT2D eigenvalue weighted by molar-refractivity contribution is 5.47. The van der Waals surface area contributed by atoms with Crippen LogP contribution in [0.3, 0.4) is 0 Å². The summed E-state index contributed by atoms with van der Waals surface area (Å²) in [6.45, 7) is 11.7. The maximum atomic E-state index is 2.39. The average molecular weight is 216 g/mol. The lowest BCUT2D eigenvalue weighted by Gasteiger charge is -2.21. The van der Waals surface area contributed by atoms with Crippen LogP contribution >= 0.6 is 0 Å². The standard InChI is InChI=1S/C16H24/c1-6-11(2)13-7-8-15-14(12(13)3)9-10-16(15,4)5/h7-8,11H,6,9-10H2,1-5H3. The largest absolute Gasteiger partial charge is 0.0648 e. The molecule has 0 bridgehead atoms. The number of hydrogen-bond donors (Lipinski definition) is 0. The lowest BCUT2D eigenvalue weighted by molar-refractivity contribution is 0.522. The van der Waals surface area contributed by atoms with Gasteiger partial charge in [0.25, 0.3) is 0 Å². The molecule has 0 saturated carbocycles. The molecule has 0 heteroatoms. The molecule has 0 N–H and O–H groups in total. The van der Waals surface area contributed by atoms with Crippen molar-refractivity contribution in [2.75, 3.05) is 0 Å². The molecule has 1 aromatic carbocycles. The Balaban J connectivity index is 2.51. The van der Waals surface area contributed by atoms with Crippen molar-refractivity contribution in [3.8, 4) is 0 Å². The highest BCUT2D eigenvalue weighted by atomic mass is 14.4. The van der Waals surface area contributed by atoms with E-state index in [1.165, 1.54) is 19.3 Å². The summed E-state index contributed by atoms with van der Waals surface area (Å²) in [7, 11) is 0. The van der Waals surface area contributed by atoms with E-state index >= 15 is 0 Å². The van der Waals surface area contributed by atoms with Crippen molar-refractivity contribution < 1.29 is 0 Å². The van der Waals surface area contributed by atoms with Gasteiger partial charge < -0.3 is 0 Å². The predicted octanol–water partition coefficient (Wildman–Crippen LogP) is 4.73. The van der Waals surface area contributed by atoms with E-state index in [1.54, 1.807) is 22.3 Å². The molecule has 1 aliphatic rings. The summed E-state index contributed by atoms with van der Waals surface area (Å²) >= 11 is 0. The molecule has 0 radical (unpaired) electrons. The Hall–Kier alpha value is -0.780. The van der Waals surface area contributed by atoms with Crippen LogP contribution in [0.5, 0.6) is 0 Å². The predicted molar refractivity (Wildman–Crippen MR) is 71.2 cm³/mol. The van der Waals surface area contributed by atoms with E-state index in [4.69, 9.17) is 0 Å². The first kappa shape index (κ1) is 11.7. The lowest BCUT2D eigenvalue weighted by Crippen LogP contribution is -2.12. The van der Waals surface area contributed by atoms with E-state index in [0.717, 1.165) is 0 Å². The first-order valence-corrected chi connectivity index (χ1v) is 6.60. The van der Waals surface area contributed by atoms with Crippen LogP contribution in [-0.4, -0.2) is 0 Å². The second-order valence-electron chi connectivity index (χ2n) is 6.00. The summed E-state index contributed by atoms with van der Waals surface area (Å²) in [6.07, 6.45) is 3.83. The highest BCUT2D eigenvalue weighted by Crippen LogP contribution is 2.41. The van der Waals surface area contributed by atoms with E-state index in [9.17, 15) is 0 Å².